The highest BCUT2D eigenvalue weighted by molar-refractivity contribution is 5.94. The summed E-state index contributed by atoms with van der Waals surface area (Å²) < 4.78 is 11.4. The molecule has 4 aliphatic rings. The third-order valence-corrected chi connectivity index (χ3v) is 12.6. The highest BCUT2D eigenvalue weighted by Crippen LogP contribution is 2.67. The van der Waals surface area contributed by atoms with Crippen LogP contribution in [-0.2, 0) is 28.7 Å². The van der Waals surface area contributed by atoms with Crippen LogP contribution in [0, 0.1) is 39.4 Å². The van der Waals surface area contributed by atoms with Crippen molar-refractivity contribution in [2.24, 2.45) is 39.4 Å². The van der Waals surface area contributed by atoms with Crippen molar-refractivity contribution in [3.8, 4) is 0 Å². The topological polar surface area (TPSA) is 127 Å². The molecule has 0 bridgehead atoms. The predicted molar refractivity (Wildman–Crippen MR) is 166 cm³/mol. The van der Waals surface area contributed by atoms with E-state index in [2.05, 4.69) is 27.7 Å². The maximum atomic E-state index is 13.2. The smallest absolute Gasteiger partial charge is 0.315 e. The fourth-order valence-corrected chi connectivity index (χ4v) is 10.0. The molecule has 0 spiro atoms. The lowest BCUT2D eigenvalue weighted by molar-refractivity contribution is -0.176. The molecule has 0 radical (unpaired) electrons. The number of hydrogen-bond acceptors (Lipinski definition) is 7. The Labute approximate surface area is 263 Å². The predicted octanol–water partition coefficient (Wildman–Crippen LogP) is 6.81. The Hall–Kier alpha value is -2.22. The van der Waals surface area contributed by atoms with Crippen molar-refractivity contribution in [2.75, 3.05) is 0 Å². The van der Waals surface area contributed by atoms with E-state index >= 15 is 0 Å². The Morgan fingerprint density at radius 2 is 1.68 bits per heavy atom. The summed E-state index contributed by atoms with van der Waals surface area (Å²) in [5.74, 6) is -0.843. The van der Waals surface area contributed by atoms with Crippen LogP contribution in [0.5, 0.6) is 0 Å². The van der Waals surface area contributed by atoms with E-state index in [1.54, 1.807) is 31.9 Å². The molecule has 2 N–H and O–H groups in total. The van der Waals surface area contributed by atoms with Gasteiger partial charge in [0.1, 0.15) is 24.4 Å². The number of allylic oxidation sites excluding steroid dienone is 2. The van der Waals surface area contributed by atoms with Gasteiger partial charge in [0.2, 0.25) is 0 Å². The zero-order valence-corrected chi connectivity index (χ0v) is 28.3. The summed E-state index contributed by atoms with van der Waals surface area (Å²) in [5, 5.41) is 19.7. The molecule has 0 aromatic heterocycles. The number of carboxylic acids is 1. The molecule has 8 nitrogen and oxygen atoms in total. The van der Waals surface area contributed by atoms with Crippen LogP contribution in [0.25, 0.3) is 0 Å². The molecule has 8 heteroatoms. The number of aliphatic carboxylic acids is 1. The standard InChI is InChI=1S/C36H56O8/c1-21(43-22(2)37)34(5,6)32(42)44-26-13-15-35(7)23(17-26)9-10-27-28-11-12-30(36(28,8)16-14-29(27)35)33(3,4)20-25(39)18-24(38)19-31(40)41/h21,23,25-26,29-30,39H,9-20H2,1-8H3,(H,40,41)/t21-,23?,25+,26?,29?,30-,35+,36+/m1/s1. The second kappa shape index (κ2) is 12.5. The molecule has 8 atom stereocenters. The van der Waals surface area contributed by atoms with E-state index in [0.717, 1.165) is 57.8 Å². The van der Waals surface area contributed by atoms with Crippen LogP contribution < -0.4 is 0 Å². The minimum atomic E-state index is -1.15. The van der Waals surface area contributed by atoms with E-state index in [1.807, 2.05) is 0 Å². The average molecular weight is 617 g/mol. The van der Waals surface area contributed by atoms with Crippen molar-refractivity contribution in [3.05, 3.63) is 11.1 Å². The van der Waals surface area contributed by atoms with Gasteiger partial charge in [-0.05, 0) is 119 Å². The van der Waals surface area contributed by atoms with Crippen molar-refractivity contribution in [1.29, 1.82) is 0 Å². The van der Waals surface area contributed by atoms with Crippen LogP contribution in [0.2, 0.25) is 0 Å². The minimum Gasteiger partial charge on any atom is -0.481 e. The molecule has 248 valence electrons. The zero-order valence-electron chi connectivity index (χ0n) is 28.3. The molecule has 3 saturated carbocycles. The second-order valence-electron chi connectivity index (χ2n) is 16.3. The van der Waals surface area contributed by atoms with Gasteiger partial charge in [-0.3, -0.25) is 19.2 Å². The van der Waals surface area contributed by atoms with E-state index in [9.17, 15) is 24.3 Å². The normalized spacial score (nSPS) is 33.4. The van der Waals surface area contributed by atoms with Crippen LogP contribution in [0.4, 0.5) is 0 Å². The minimum absolute atomic E-state index is 0.0697. The molecule has 3 fully saturated rings. The van der Waals surface area contributed by atoms with E-state index in [0.29, 0.717) is 24.2 Å². The number of carbonyl (C=O) groups is 4. The van der Waals surface area contributed by atoms with Crippen LogP contribution in [0.3, 0.4) is 0 Å². The Balaban J connectivity index is 1.44. The summed E-state index contributed by atoms with van der Waals surface area (Å²) in [4.78, 5) is 47.6. The number of rotatable bonds is 11. The van der Waals surface area contributed by atoms with Gasteiger partial charge in [-0.1, -0.05) is 38.8 Å². The molecule has 0 aromatic carbocycles. The fourth-order valence-electron chi connectivity index (χ4n) is 10.0. The summed E-state index contributed by atoms with van der Waals surface area (Å²) in [7, 11) is 0. The van der Waals surface area contributed by atoms with Crippen molar-refractivity contribution >= 4 is 23.7 Å². The van der Waals surface area contributed by atoms with Crippen LogP contribution in [0.1, 0.15) is 132 Å². The second-order valence-corrected chi connectivity index (χ2v) is 16.3. The van der Waals surface area contributed by atoms with Gasteiger partial charge < -0.3 is 19.7 Å². The quantitative estimate of drug-likeness (QED) is 0.147. The molecular formula is C36H56O8. The van der Waals surface area contributed by atoms with Gasteiger partial charge in [0.15, 0.2) is 0 Å². The van der Waals surface area contributed by atoms with Crippen molar-refractivity contribution in [1.82, 2.24) is 0 Å². The molecule has 0 amide bonds. The van der Waals surface area contributed by atoms with Crippen molar-refractivity contribution < 1.29 is 38.9 Å². The van der Waals surface area contributed by atoms with Crippen LogP contribution in [-0.4, -0.2) is 52.2 Å². The maximum Gasteiger partial charge on any atom is 0.315 e. The van der Waals surface area contributed by atoms with Gasteiger partial charge in [-0.15, -0.1) is 0 Å². The first-order valence-corrected chi connectivity index (χ1v) is 16.8. The first-order valence-electron chi connectivity index (χ1n) is 16.8. The number of esters is 2. The molecule has 4 aliphatic carbocycles. The number of aliphatic hydroxyl groups excluding tert-OH is 1. The third kappa shape index (κ3) is 6.66. The molecule has 0 aliphatic heterocycles. The maximum absolute atomic E-state index is 13.2. The summed E-state index contributed by atoms with van der Waals surface area (Å²) in [5.41, 5.74) is 2.45. The third-order valence-electron chi connectivity index (χ3n) is 12.6. The molecule has 3 unspecified atom stereocenters. The Kier molecular flexibility index (Phi) is 9.86. The number of hydrogen-bond donors (Lipinski definition) is 2. The number of ether oxygens (including phenoxy) is 2. The number of ketones is 1. The summed E-state index contributed by atoms with van der Waals surface area (Å²) in [6, 6.07) is 0. The van der Waals surface area contributed by atoms with E-state index in [4.69, 9.17) is 14.6 Å². The van der Waals surface area contributed by atoms with Crippen molar-refractivity contribution in [2.45, 2.75) is 151 Å². The number of carboxylic acid groups (broad SMARTS) is 1. The average Bonchev–Trinajstić information content (AvgIpc) is 3.25. The number of carbonyl (C=O) groups excluding carboxylic acids is 3. The summed E-state index contributed by atoms with van der Waals surface area (Å²) >= 11 is 0. The number of Topliss-reactive ketones (excluding diaryl/α,β-unsaturated/α-hetero) is 1. The largest absolute Gasteiger partial charge is 0.481 e. The molecule has 4 rings (SSSR count). The Morgan fingerprint density at radius 3 is 2.32 bits per heavy atom. The van der Waals surface area contributed by atoms with E-state index in [-0.39, 0.29) is 34.7 Å². The van der Waals surface area contributed by atoms with Crippen LogP contribution >= 0.6 is 0 Å². The monoisotopic (exact) mass is 616 g/mol. The van der Waals surface area contributed by atoms with Gasteiger partial charge in [-0.2, -0.15) is 0 Å². The SMILES string of the molecule is CC(=O)O[C@H](C)C(C)(C)C(=O)OC1CC[C@@]2(C)C(CCC3=C4CC[C@H](C(C)(C)C[C@@H](O)CC(=O)CC(=O)O)[C@@]4(C)CCC32)C1. The highest BCUT2D eigenvalue weighted by Gasteiger charge is 2.57. The zero-order chi connectivity index (χ0) is 32.8. The van der Waals surface area contributed by atoms with Gasteiger partial charge in [-0.25, -0.2) is 0 Å². The van der Waals surface area contributed by atoms with E-state index in [1.165, 1.54) is 6.92 Å². The van der Waals surface area contributed by atoms with Crippen molar-refractivity contribution in [3.63, 3.8) is 0 Å². The lowest BCUT2D eigenvalue weighted by Gasteiger charge is -2.57. The fraction of sp³-hybridized carbons (Fsp3) is 0.833. The van der Waals surface area contributed by atoms with Gasteiger partial charge in [0, 0.05) is 13.3 Å². The van der Waals surface area contributed by atoms with Gasteiger partial charge in [0.05, 0.1) is 11.5 Å². The highest BCUT2D eigenvalue weighted by atomic mass is 16.6. The first-order chi connectivity index (χ1) is 20.3. The number of aliphatic hydroxyl groups is 1. The lowest BCUT2D eigenvalue weighted by atomic mass is 9.48. The lowest BCUT2D eigenvalue weighted by Crippen LogP contribution is -2.50. The summed E-state index contributed by atoms with van der Waals surface area (Å²) in [6.45, 7) is 16.0. The molecule has 0 aromatic rings. The summed E-state index contributed by atoms with van der Waals surface area (Å²) in [6.07, 6.45) is 7.70. The van der Waals surface area contributed by atoms with Gasteiger partial charge in [0.25, 0.3) is 0 Å². The number of fused-ring (bicyclic) bond motifs is 4. The molecule has 44 heavy (non-hydrogen) atoms. The molecule has 0 heterocycles. The molecular weight excluding hydrogens is 560 g/mol. The van der Waals surface area contributed by atoms with E-state index < -0.39 is 41.8 Å². The Bertz CT molecular complexity index is 1180. The van der Waals surface area contributed by atoms with Crippen LogP contribution in [0.15, 0.2) is 11.1 Å². The van der Waals surface area contributed by atoms with Gasteiger partial charge >= 0.3 is 17.9 Å². The Morgan fingerprint density at radius 1 is 1.00 bits per heavy atom. The molecule has 0 saturated heterocycles. The first kappa shape index (κ1) is 34.6.